The van der Waals surface area contributed by atoms with E-state index in [0.717, 1.165) is 28.9 Å². The minimum atomic E-state index is -0.440. The van der Waals surface area contributed by atoms with Crippen molar-refractivity contribution in [2.75, 3.05) is 6.61 Å². The van der Waals surface area contributed by atoms with E-state index >= 15 is 0 Å². The molecule has 6 nitrogen and oxygen atoms in total. The van der Waals surface area contributed by atoms with Gasteiger partial charge in [-0.2, -0.15) is 0 Å². The van der Waals surface area contributed by atoms with Crippen molar-refractivity contribution in [1.82, 2.24) is 5.32 Å². The molecule has 1 aromatic carbocycles. The molecule has 0 saturated carbocycles. The molecule has 1 heterocycles. The van der Waals surface area contributed by atoms with E-state index in [1.165, 1.54) is 13.8 Å². The first-order valence-electron chi connectivity index (χ1n) is 10.2. The minimum Gasteiger partial charge on any atom is -0.482 e. The number of rotatable bonds is 8. The molecule has 1 aliphatic rings. The standard InChI is InChI=1S/C24H31NO5/c1-8-14(3)30-21(28)12-29-20-10-9-19(11-13(20)2)24-22(17(6)26)15(4)25-16(5)23(24)18(7)27/h9-11,14,24-25H,8,12H2,1-7H3. The molecule has 0 radical (unpaired) electrons. The molecule has 1 aliphatic heterocycles. The summed E-state index contributed by atoms with van der Waals surface area (Å²) in [4.78, 5) is 36.7. The molecule has 0 aliphatic carbocycles. The summed E-state index contributed by atoms with van der Waals surface area (Å²) in [6, 6.07) is 5.51. The van der Waals surface area contributed by atoms with Crippen molar-refractivity contribution in [2.24, 2.45) is 0 Å². The van der Waals surface area contributed by atoms with Crippen molar-refractivity contribution in [2.45, 2.75) is 66.9 Å². The van der Waals surface area contributed by atoms with Crippen LogP contribution in [0, 0.1) is 6.92 Å². The van der Waals surface area contributed by atoms with Gasteiger partial charge >= 0.3 is 5.97 Å². The lowest BCUT2D eigenvalue weighted by molar-refractivity contribution is -0.150. The zero-order chi connectivity index (χ0) is 22.6. The fraction of sp³-hybridized carbons (Fsp3) is 0.458. The van der Waals surface area contributed by atoms with Gasteiger partial charge in [-0.25, -0.2) is 4.79 Å². The average Bonchev–Trinajstić information content (AvgIpc) is 2.65. The lowest BCUT2D eigenvalue weighted by Crippen LogP contribution is -2.29. The summed E-state index contributed by atoms with van der Waals surface area (Å²) in [6.45, 7) is 12.2. The second kappa shape index (κ2) is 9.74. The highest BCUT2D eigenvalue weighted by Gasteiger charge is 2.33. The fourth-order valence-electron chi connectivity index (χ4n) is 3.75. The molecule has 1 N–H and O–H groups in total. The number of hydrogen-bond acceptors (Lipinski definition) is 6. The van der Waals surface area contributed by atoms with E-state index in [1.54, 1.807) is 6.07 Å². The third kappa shape index (κ3) is 5.17. The van der Waals surface area contributed by atoms with Crippen molar-refractivity contribution < 1.29 is 23.9 Å². The maximum absolute atomic E-state index is 12.4. The molecule has 30 heavy (non-hydrogen) atoms. The topological polar surface area (TPSA) is 81.7 Å². The largest absolute Gasteiger partial charge is 0.482 e. The molecular formula is C24H31NO5. The highest BCUT2D eigenvalue weighted by atomic mass is 16.6. The Bertz CT molecular complexity index is 890. The Morgan fingerprint density at radius 1 is 1.03 bits per heavy atom. The van der Waals surface area contributed by atoms with E-state index in [1.807, 2.05) is 46.8 Å². The Hall–Kier alpha value is -2.89. The number of nitrogens with one attached hydrogen (secondary N) is 1. The predicted octanol–water partition coefficient (Wildman–Crippen LogP) is 4.13. The van der Waals surface area contributed by atoms with Gasteiger partial charge in [-0.1, -0.05) is 19.1 Å². The number of allylic oxidation sites excluding steroid dienone is 4. The Morgan fingerprint density at radius 3 is 2.07 bits per heavy atom. The van der Waals surface area contributed by atoms with Crippen LogP contribution in [-0.4, -0.2) is 30.2 Å². The number of esters is 1. The summed E-state index contributed by atoms with van der Waals surface area (Å²) >= 11 is 0. The summed E-state index contributed by atoms with van der Waals surface area (Å²) < 4.78 is 10.9. The van der Waals surface area contributed by atoms with Gasteiger partial charge in [-0.3, -0.25) is 9.59 Å². The summed E-state index contributed by atoms with van der Waals surface area (Å²) in [5.74, 6) is -0.460. The number of benzene rings is 1. The van der Waals surface area contributed by atoms with E-state index in [4.69, 9.17) is 9.47 Å². The molecule has 0 amide bonds. The summed E-state index contributed by atoms with van der Waals surface area (Å²) in [5.41, 5.74) is 4.30. The molecular weight excluding hydrogens is 382 g/mol. The van der Waals surface area contributed by atoms with E-state index in [9.17, 15) is 14.4 Å². The number of ketones is 2. The van der Waals surface area contributed by atoms with Gasteiger partial charge in [0.1, 0.15) is 5.75 Å². The lowest BCUT2D eigenvalue weighted by Gasteiger charge is -2.30. The van der Waals surface area contributed by atoms with Crippen LogP contribution >= 0.6 is 0 Å². The number of ether oxygens (including phenoxy) is 2. The van der Waals surface area contributed by atoms with Crippen LogP contribution < -0.4 is 10.1 Å². The van der Waals surface area contributed by atoms with Crippen molar-refractivity contribution in [3.8, 4) is 5.75 Å². The molecule has 2 rings (SSSR count). The van der Waals surface area contributed by atoms with Gasteiger partial charge in [0.2, 0.25) is 0 Å². The molecule has 0 aromatic heterocycles. The van der Waals surface area contributed by atoms with Crippen LogP contribution in [0.25, 0.3) is 0 Å². The first kappa shape index (κ1) is 23.4. The molecule has 162 valence electrons. The fourth-order valence-corrected chi connectivity index (χ4v) is 3.75. The summed E-state index contributed by atoms with van der Waals surface area (Å²) in [7, 11) is 0. The Kier molecular flexibility index (Phi) is 7.59. The highest BCUT2D eigenvalue weighted by Crippen LogP contribution is 2.40. The molecule has 0 saturated heterocycles. The zero-order valence-corrected chi connectivity index (χ0v) is 18.8. The van der Waals surface area contributed by atoms with Gasteiger partial charge in [0.05, 0.1) is 6.10 Å². The molecule has 0 bridgehead atoms. The number of carbonyl (C=O) groups excluding carboxylic acids is 3. The van der Waals surface area contributed by atoms with Crippen LogP contribution in [0.2, 0.25) is 0 Å². The SMILES string of the molecule is CCC(C)OC(=O)COc1ccc(C2C(C(C)=O)=C(C)NC(C)=C2C(C)=O)cc1C. The first-order chi connectivity index (χ1) is 14.1. The Morgan fingerprint density at radius 2 is 1.60 bits per heavy atom. The number of aryl methyl sites for hydroxylation is 1. The van der Waals surface area contributed by atoms with E-state index < -0.39 is 11.9 Å². The molecule has 6 heteroatoms. The van der Waals surface area contributed by atoms with E-state index in [2.05, 4.69) is 5.32 Å². The van der Waals surface area contributed by atoms with E-state index in [0.29, 0.717) is 16.9 Å². The molecule has 0 spiro atoms. The number of carbonyl (C=O) groups is 3. The third-order valence-electron chi connectivity index (χ3n) is 5.30. The Balaban J connectivity index is 2.34. The monoisotopic (exact) mass is 413 g/mol. The van der Waals surface area contributed by atoms with Crippen molar-refractivity contribution in [3.63, 3.8) is 0 Å². The number of dihydropyridines is 1. The van der Waals surface area contributed by atoms with Crippen molar-refractivity contribution >= 4 is 17.5 Å². The molecule has 0 fully saturated rings. The van der Waals surface area contributed by atoms with Crippen LogP contribution in [0.3, 0.4) is 0 Å². The van der Waals surface area contributed by atoms with Crippen LogP contribution in [0.15, 0.2) is 40.7 Å². The van der Waals surface area contributed by atoms with Gasteiger partial charge in [-0.05, 0) is 65.2 Å². The quantitative estimate of drug-likeness (QED) is 0.646. The van der Waals surface area contributed by atoms with E-state index in [-0.39, 0.29) is 24.3 Å². The van der Waals surface area contributed by atoms with Crippen molar-refractivity contribution in [3.05, 3.63) is 51.9 Å². The van der Waals surface area contributed by atoms with Gasteiger partial charge in [0, 0.05) is 28.5 Å². The molecule has 1 unspecified atom stereocenters. The summed E-state index contributed by atoms with van der Waals surface area (Å²) in [6.07, 6.45) is 0.594. The number of Topliss-reactive ketones (excluding diaryl/α,β-unsaturated/α-hetero) is 2. The third-order valence-corrected chi connectivity index (χ3v) is 5.30. The molecule has 1 atom stereocenters. The van der Waals surface area contributed by atoms with Gasteiger partial charge < -0.3 is 14.8 Å². The van der Waals surface area contributed by atoms with Crippen LogP contribution in [0.1, 0.15) is 65.0 Å². The predicted molar refractivity (Wildman–Crippen MR) is 115 cm³/mol. The van der Waals surface area contributed by atoms with Gasteiger partial charge in [-0.15, -0.1) is 0 Å². The summed E-state index contributed by atoms with van der Waals surface area (Å²) in [5, 5.41) is 3.16. The lowest BCUT2D eigenvalue weighted by atomic mass is 9.77. The molecule has 1 aromatic rings. The number of hydrogen-bond donors (Lipinski definition) is 1. The normalized spacial score (nSPS) is 15.6. The minimum absolute atomic E-state index is 0.0815. The maximum atomic E-state index is 12.4. The van der Waals surface area contributed by atoms with Gasteiger partial charge in [0.15, 0.2) is 18.2 Å². The average molecular weight is 414 g/mol. The first-order valence-corrected chi connectivity index (χ1v) is 10.2. The van der Waals surface area contributed by atoms with Crippen LogP contribution in [0.5, 0.6) is 5.75 Å². The maximum Gasteiger partial charge on any atom is 0.344 e. The van der Waals surface area contributed by atoms with Crippen LogP contribution in [0.4, 0.5) is 0 Å². The van der Waals surface area contributed by atoms with Crippen LogP contribution in [-0.2, 0) is 19.1 Å². The Labute approximate surface area is 178 Å². The van der Waals surface area contributed by atoms with Crippen molar-refractivity contribution in [1.29, 1.82) is 0 Å². The smallest absolute Gasteiger partial charge is 0.344 e. The van der Waals surface area contributed by atoms with Gasteiger partial charge in [0.25, 0.3) is 0 Å². The second-order valence-corrected chi connectivity index (χ2v) is 7.77. The highest BCUT2D eigenvalue weighted by molar-refractivity contribution is 6.03. The second-order valence-electron chi connectivity index (χ2n) is 7.77. The zero-order valence-electron chi connectivity index (χ0n) is 18.8.